The molecule has 2 unspecified atom stereocenters. The van der Waals surface area contributed by atoms with E-state index in [2.05, 4.69) is 49.8 Å². The quantitative estimate of drug-likeness (QED) is 0.535. The van der Waals surface area contributed by atoms with Crippen LogP contribution in [0, 0.1) is 17.6 Å². The van der Waals surface area contributed by atoms with Crippen molar-refractivity contribution >= 4 is 17.5 Å². The molecular weight excluding hydrogens is 468 g/mol. The van der Waals surface area contributed by atoms with Crippen LogP contribution in [0.2, 0.25) is 5.02 Å². The van der Waals surface area contributed by atoms with Crippen molar-refractivity contribution in [1.82, 2.24) is 14.7 Å². The van der Waals surface area contributed by atoms with Gasteiger partial charge in [-0.15, -0.1) is 0 Å². The van der Waals surface area contributed by atoms with Gasteiger partial charge >= 0.3 is 0 Å². The first-order chi connectivity index (χ1) is 16.5. The first kappa shape index (κ1) is 26.1. The summed E-state index contributed by atoms with van der Waals surface area (Å²) in [6.07, 6.45) is 1.82. The number of likely N-dealkylation sites (N-methyl/N-ethyl adjacent to an activating group) is 1. The van der Waals surface area contributed by atoms with E-state index in [1.54, 1.807) is 0 Å². The molecule has 0 aromatic heterocycles. The molecular formula is C28H36ClF2N3O. The van der Waals surface area contributed by atoms with Crippen molar-refractivity contribution in [2.75, 3.05) is 39.8 Å². The van der Waals surface area contributed by atoms with Crippen LogP contribution in [0.4, 0.5) is 8.78 Å². The topological polar surface area (TPSA) is 26.8 Å². The van der Waals surface area contributed by atoms with Gasteiger partial charge in [0.15, 0.2) is 0 Å². The highest BCUT2D eigenvalue weighted by molar-refractivity contribution is 6.30. The predicted molar refractivity (Wildman–Crippen MR) is 137 cm³/mol. The van der Waals surface area contributed by atoms with Crippen molar-refractivity contribution in [2.24, 2.45) is 5.92 Å². The van der Waals surface area contributed by atoms with Crippen LogP contribution in [0.1, 0.15) is 56.7 Å². The molecule has 2 saturated heterocycles. The molecule has 2 aliphatic rings. The number of benzene rings is 2. The van der Waals surface area contributed by atoms with E-state index >= 15 is 0 Å². The average Bonchev–Trinajstić information content (AvgIpc) is 3.23. The van der Waals surface area contributed by atoms with Gasteiger partial charge in [0.1, 0.15) is 11.6 Å². The second-order valence-electron chi connectivity index (χ2n) is 11.0. The number of likely N-dealkylation sites (tertiary alicyclic amines) is 1. The SMILES string of the molecule is CN1CCN(C(=O)C2CN(C(C)(C)C)C[C@H]2c2ccc(F)cc2F)CCCC1c1ccc(Cl)cc1. The largest absolute Gasteiger partial charge is 0.341 e. The van der Waals surface area contributed by atoms with E-state index < -0.39 is 11.6 Å². The Morgan fingerprint density at radius 2 is 1.71 bits per heavy atom. The molecule has 1 amide bonds. The molecule has 0 spiro atoms. The minimum Gasteiger partial charge on any atom is -0.341 e. The zero-order valence-corrected chi connectivity index (χ0v) is 21.9. The summed E-state index contributed by atoms with van der Waals surface area (Å²) >= 11 is 6.07. The molecule has 3 atom stereocenters. The van der Waals surface area contributed by atoms with Crippen molar-refractivity contribution in [3.8, 4) is 0 Å². The fourth-order valence-electron chi connectivity index (χ4n) is 5.52. The monoisotopic (exact) mass is 503 g/mol. The second-order valence-corrected chi connectivity index (χ2v) is 11.4. The van der Waals surface area contributed by atoms with Crippen LogP contribution in [-0.2, 0) is 4.79 Å². The van der Waals surface area contributed by atoms with Crippen LogP contribution >= 0.6 is 11.6 Å². The third-order valence-corrected chi connectivity index (χ3v) is 7.93. The minimum absolute atomic E-state index is 0.0730. The third-order valence-electron chi connectivity index (χ3n) is 7.67. The molecule has 190 valence electrons. The van der Waals surface area contributed by atoms with Crippen LogP contribution in [-0.4, -0.2) is 65.9 Å². The fraction of sp³-hybridized carbons (Fsp3) is 0.536. The van der Waals surface area contributed by atoms with Gasteiger partial charge in [0, 0.05) is 61.3 Å². The molecule has 0 N–H and O–H groups in total. The van der Waals surface area contributed by atoms with Gasteiger partial charge in [-0.3, -0.25) is 14.6 Å². The van der Waals surface area contributed by atoms with Crippen LogP contribution in [0.3, 0.4) is 0 Å². The highest BCUT2D eigenvalue weighted by atomic mass is 35.5. The summed E-state index contributed by atoms with van der Waals surface area (Å²) in [6, 6.07) is 12.0. The summed E-state index contributed by atoms with van der Waals surface area (Å²) in [5.74, 6) is -1.74. The van der Waals surface area contributed by atoms with Crippen LogP contribution in [0.5, 0.6) is 0 Å². The second kappa shape index (κ2) is 10.5. The Morgan fingerprint density at radius 3 is 2.37 bits per heavy atom. The summed E-state index contributed by atoms with van der Waals surface area (Å²) in [6.45, 7) is 9.55. The van der Waals surface area contributed by atoms with E-state index in [4.69, 9.17) is 11.6 Å². The smallest absolute Gasteiger partial charge is 0.227 e. The Hall–Kier alpha value is -2.02. The van der Waals surface area contributed by atoms with E-state index in [0.29, 0.717) is 31.7 Å². The minimum atomic E-state index is -0.596. The van der Waals surface area contributed by atoms with Gasteiger partial charge in [-0.1, -0.05) is 29.8 Å². The maximum atomic E-state index is 14.8. The molecule has 0 bridgehead atoms. The molecule has 4 nitrogen and oxygen atoms in total. The summed E-state index contributed by atoms with van der Waals surface area (Å²) in [5, 5.41) is 0.729. The normalized spacial score (nSPS) is 24.9. The van der Waals surface area contributed by atoms with Crippen molar-refractivity contribution in [2.45, 2.75) is 51.1 Å². The van der Waals surface area contributed by atoms with Crippen LogP contribution in [0.15, 0.2) is 42.5 Å². The number of hydrogen-bond acceptors (Lipinski definition) is 3. The van der Waals surface area contributed by atoms with Crippen molar-refractivity contribution in [1.29, 1.82) is 0 Å². The lowest BCUT2D eigenvalue weighted by Gasteiger charge is -2.36. The number of amides is 1. The molecule has 2 fully saturated rings. The van der Waals surface area contributed by atoms with Crippen LogP contribution < -0.4 is 0 Å². The molecule has 0 radical (unpaired) electrons. The van der Waals surface area contributed by atoms with E-state index in [1.807, 2.05) is 17.0 Å². The molecule has 0 saturated carbocycles. The van der Waals surface area contributed by atoms with Gasteiger partial charge in [-0.25, -0.2) is 8.78 Å². The number of carbonyl (C=O) groups is 1. The maximum Gasteiger partial charge on any atom is 0.227 e. The van der Waals surface area contributed by atoms with E-state index in [1.165, 1.54) is 17.7 Å². The van der Waals surface area contributed by atoms with Crippen molar-refractivity contribution in [3.05, 3.63) is 70.2 Å². The molecule has 2 aromatic rings. The summed E-state index contributed by atoms with van der Waals surface area (Å²) in [5.41, 5.74) is 1.52. The zero-order chi connectivity index (χ0) is 25.3. The highest BCUT2D eigenvalue weighted by Crippen LogP contribution is 2.39. The molecule has 35 heavy (non-hydrogen) atoms. The molecule has 4 rings (SSSR count). The molecule has 7 heteroatoms. The molecule has 0 aliphatic carbocycles. The Kier molecular flexibility index (Phi) is 7.84. The van der Waals surface area contributed by atoms with Gasteiger partial charge < -0.3 is 4.90 Å². The summed E-state index contributed by atoms with van der Waals surface area (Å²) in [4.78, 5) is 20.4. The van der Waals surface area contributed by atoms with Crippen molar-refractivity contribution in [3.63, 3.8) is 0 Å². The standard InChI is InChI=1S/C28H36ClF2N3O/c1-28(2,3)34-17-23(22-12-11-21(30)16-25(22)31)24(18-34)27(35)33-13-5-6-26(32(4)14-15-33)19-7-9-20(29)10-8-19/h7-12,16,23-24,26H,5-6,13-15,17-18H2,1-4H3/t23-,24?,26?/m0/s1. The Morgan fingerprint density at radius 1 is 1.00 bits per heavy atom. The number of nitrogens with zero attached hydrogens (tertiary/aromatic N) is 3. The van der Waals surface area contributed by atoms with Gasteiger partial charge in [0.2, 0.25) is 5.91 Å². The van der Waals surface area contributed by atoms with Gasteiger partial charge in [-0.2, -0.15) is 0 Å². The number of halogens is 3. The first-order valence-corrected chi connectivity index (χ1v) is 12.9. The van der Waals surface area contributed by atoms with Gasteiger partial charge in [0.05, 0.1) is 5.92 Å². The van der Waals surface area contributed by atoms with E-state index in [9.17, 15) is 13.6 Å². The third kappa shape index (κ3) is 5.87. The Balaban J connectivity index is 1.51. The molecule has 2 aliphatic heterocycles. The van der Waals surface area contributed by atoms with Gasteiger partial charge in [-0.05, 0) is 70.0 Å². The predicted octanol–water partition coefficient (Wildman–Crippen LogP) is 5.73. The molecule has 2 heterocycles. The maximum absolute atomic E-state index is 14.8. The summed E-state index contributed by atoms with van der Waals surface area (Å²) < 4.78 is 28.4. The summed E-state index contributed by atoms with van der Waals surface area (Å²) in [7, 11) is 2.10. The molecule has 2 aromatic carbocycles. The van der Waals surface area contributed by atoms with Crippen LogP contribution in [0.25, 0.3) is 0 Å². The average molecular weight is 504 g/mol. The Bertz CT molecular complexity index is 1040. The first-order valence-electron chi connectivity index (χ1n) is 12.5. The Labute approximate surface area is 212 Å². The number of carbonyl (C=O) groups excluding carboxylic acids is 1. The zero-order valence-electron chi connectivity index (χ0n) is 21.1. The van der Waals surface area contributed by atoms with E-state index in [-0.39, 0.29) is 29.3 Å². The lowest BCUT2D eigenvalue weighted by molar-refractivity contribution is -0.136. The van der Waals surface area contributed by atoms with Gasteiger partial charge in [0.25, 0.3) is 0 Å². The lowest BCUT2D eigenvalue weighted by Crippen LogP contribution is -2.46. The lowest BCUT2D eigenvalue weighted by atomic mass is 9.87. The highest BCUT2D eigenvalue weighted by Gasteiger charge is 2.44. The fourth-order valence-corrected chi connectivity index (χ4v) is 5.65. The van der Waals surface area contributed by atoms with E-state index in [0.717, 1.165) is 30.5 Å². The number of rotatable bonds is 3. The van der Waals surface area contributed by atoms with Crippen molar-refractivity contribution < 1.29 is 13.6 Å². The number of hydrogen-bond donors (Lipinski definition) is 0.